The van der Waals surface area contributed by atoms with Crippen molar-refractivity contribution in [3.05, 3.63) is 24.8 Å². The highest BCUT2D eigenvalue weighted by Gasteiger charge is 2.36. The largest absolute Gasteiger partial charge is 0.481 e. The number of hydrogen-bond acceptors (Lipinski definition) is 7. The average Bonchev–Trinajstić information content (AvgIpc) is 3.53. The molecule has 1 unspecified atom stereocenters. The van der Waals surface area contributed by atoms with Gasteiger partial charge < -0.3 is 10.4 Å². The molecule has 11 heteroatoms. The van der Waals surface area contributed by atoms with Crippen LogP contribution in [0.3, 0.4) is 0 Å². The molecule has 172 valence electrons. The van der Waals surface area contributed by atoms with Crippen LogP contribution in [0.1, 0.15) is 51.0 Å². The van der Waals surface area contributed by atoms with Gasteiger partial charge in [0.05, 0.1) is 35.7 Å². The normalized spacial score (nSPS) is 21.6. The van der Waals surface area contributed by atoms with Crippen molar-refractivity contribution in [2.75, 3.05) is 5.32 Å². The number of hydrogen-bond donors (Lipinski definition) is 2. The van der Waals surface area contributed by atoms with Gasteiger partial charge in [0.2, 0.25) is 0 Å². The van der Waals surface area contributed by atoms with E-state index in [1.54, 1.807) is 12.3 Å². The van der Waals surface area contributed by atoms with E-state index in [-0.39, 0.29) is 30.3 Å². The maximum atomic E-state index is 13.3. The summed E-state index contributed by atoms with van der Waals surface area (Å²) in [5.74, 6) is -0.138. The summed E-state index contributed by atoms with van der Waals surface area (Å²) in [6.07, 6.45) is 10.8. The van der Waals surface area contributed by atoms with Gasteiger partial charge in [-0.25, -0.2) is 13.9 Å². The van der Waals surface area contributed by atoms with Gasteiger partial charge in [-0.2, -0.15) is 10.4 Å². The second-order valence-electron chi connectivity index (χ2n) is 8.86. The van der Waals surface area contributed by atoms with Gasteiger partial charge in [-0.15, -0.1) is 3.89 Å². The van der Waals surface area contributed by atoms with Crippen LogP contribution in [0.4, 0.5) is 9.70 Å². The molecule has 5 rings (SSSR count). The predicted molar refractivity (Wildman–Crippen MR) is 122 cm³/mol. The fraction of sp³-hybridized carbons (Fsp3) is 0.500. The molecular weight excluding hydrogens is 445 g/mol. The Bertz CT molecular complexity index is 1210. The molecular formula is C22H24FN7O2S. The van der Waals surface area contributed by atoms with E-state index in [0.29, 0.717) is 47.7 Å². The standard InChI is InChI=1S/C22H24FN7O2S/c23-33-30-8-6-16-19(25-12-26-21(16)30)17-11-29(18(5-7-24)13-3-1-2-4-13)28-20(17)27-15-9-14(10-15)22(31)32/h6,8,11-15,18H,1-5,9-10H2,(H,27,28)(H,31,32). The van der Waals surface area contributed by atoms with Crippen molar-refractivity contribution in [3.8, 4) is 17.3 Å². The highest BCUT2D eigenvalue weighted by molar-refractivity contribution is 7.92. The van der Waals surface area contributed by atoms with Crippen LogP contribution in [0.2, 0.25) is 0 Å². The van der Waals surface area contributed by atoms with E-state index in [4.69, 9.17) is 5.10 Å². The van der Waals surface area contributed by atoms with Gasteiger partial charge in [0.15, 0.2) is 23.8 Å². The van der Waals surface area contributed by atoms with Crippen molar-refractivity contribution in [3.63, 3.8) is 0 Å². The molecule has 3 aromatic rings. The van der Waals surface area contributed by atoms with Gasteiger partial charge in [0, 0.05) is 23.8 Å². The van der Waals surface area contributed by atoms with Crippen molar-refractivity contribution in [1.29, 1.82) is 5.26 Å². The van der Waals surface area contributed by atoms with Crippen LogP contribution in [0, 0.1) is 23.2 Å². The third-order valence-corrected chi connectivity index (χ3v) is 7.37. The van der Waals surface area contributed by atoms with Crippen LogP contribution in [-0.4, -0.2) is 40.8 Å². The van der Waals surface area contributed by atoms with E-state index >= 15 is 0 Å². The van der Waals surface area contributed by atoms with Gasteiger partial charge in [-0.1, -0.05) is 12.8 Å². The summed E-state index contributed by atoms with van der Waals surface area (Å²) in [5.41, 5.74) is 1.83. The summed E-state index contributed by atoms with van der Waals surface area (Å²) in [6.45, 7) is 0. The highest BCUT2D eigenvalue weighted by Crippen LogP contribution is 2.40. The Kier molecular flexibility index (Phi) is 5.93. The molecule has 33 heavy (non-hydrogen) atoms. The number of carbonyl (C=O) groups is 1. The van der Waals surface area contributed by atoms with Crippen LogP contribution in [0.15, 0.2) is 24.8 Å². The minimum Gasteiger partial charge on any atom is -0.481 e. The lowest BCUT2D eigenvalue weighted by Crippen LogP contribution is -2.39. The Morgan fingerprint density at radius 3 is 2.85 bits per heavy atom. The number of aliphatic carboxylic acids is 1. The summed E-state index contributed by atoms with van der Waals surface area (Å²) >= 11 is 0.0712. The molecule has 0 spiro atoms. The number of fused-ring (bicyclic) bond motifs is 1. The molecule has 3 heterocycles. The summed E-state index contributed by atoms with van der Waals surface area (Å²) in [4.78, 5) is 19.9. The molecule has 0 saturated heterocycles. The number of anilines is 1. The zero-order chi connectivity index (χ0) is 22.9. The zero-order valence-electron chi connectivity index (χ0n) is 17.9. The van der Waals surface area contributed by atoms with E-state index < -0.39 is 5.97 Å². The topological polar surface area (TPSA) is 122 Å². The quantitative estimate of drug-likeness (QED) is 0.491. The highest BCUT2D eigenvalue weighted by atomic mass is 32.2. The molecule has 0 aromatic carbocycles. The van der Waals surface area contributed by atoms with E-state index in [2.05, 4.69) is 21.4 Å². The van der Waals surface area contributed by atoms with Crippen LogP contribution < -0.4 is 5.32 Å². The second kappa shape index (κ2) is 9.02. The Balaban J connectivity index is 1.55. The van der Waals surface area contributed by atoms with E-state index in [0.717, 1.165) is 31.2 Å². The smallest absolute Gasteiger partial charge is 0.306 e. The van der Waals surface area contributed by atoms with Crippen molar-refractivity contribution in [1.82, 2.24) is 23.7 Å². The fourth-order valence-corrected chi connectivity index (χ4v) is 5.40. The molecule has 9 nitrogen and oxygen atoms in total. The predicted octanol–water partition coefficient (Wildman–Crippen LogP) is 4.60. The molecule has 2 aliphatic carbocycles. The molecule has 2 N–H and O–H groups in total. The number of rotatable bonds is 8. The molecule has 2 saturated carbocycles. The van der Waals surface area contributed by atoms with E-state index in [1.165, 1.54) is 10.3 Å². The summed E-state index contributed by atoms with van der Waals surface area (Å²) in [7, 11) is 0. The Morgan fingerprint density at radius 1 is 1.36 bits per heavy atom. The number of halogens is 1. The molecule has 2 fully saturated rings. The number of carboxylic acid groups (broad SMARTS) is 1. The summed E-state index contributed by atoms with van der Waals surface area (Å²) in [5, 5.41) is 27.6. The lowest BCUT2D eigenvalue weighted by molar-refractivity contribution is -0.144. The van der Waals surface area contributed by atoms with Gasteiger partial charge in [0.1, 0.15) is 6.33 Å². The maximum absolute atomic E-state index is 13.3. The molecule has 0 amide bonds. The van der Waals surface area contributed by atoms with Crippen LogP contribution in [-0.2, 0) is 4.79 Å². The first-order valence-corrected chi connectivity index (χ1v) is 11.8. The van der Waals surface area contributed by atoms with Crippen LogP contribution >= 0.6 is 12.3 Å². The number of nitrogens with zero attached hydrogens (tertiary/aromatic N) is 6. The van der Waals surface area contributed by atoms with Crippen molar-refractivity contribution in [2.24, 2.45) is 11.8 Å². The van der Waals surface area contributed by atoms with Crippen molar-refractivity contribution < 1.29 is 13.8 Å². The SMILES string of the molecule is N#CCC(C1CCCC1)n1cc(-c2ncnc3c2ccn3SF)c(NC2CC(C(=O)O)C2)n1. The van der Waals surface area contributed by atoms with Crippen molar-refractivity contribution in [2.45, 2.75) is 57.0 Å². The first-order valence-electron chi connectivity index (χ1n) is 11.2. The Hall–Kier alpha value is -3.13. The lowest BCUT2D eigenvalue weighted by Gasteiger charge is -2.33. The van der Waals surface area contributed by atoms with Gasteiger partial charge in [-0.05, 0) is 37.7 Å². The molecule has 1 atom stereocenters. The summed E-state index contributed by atoms with van der Waals surface area (Å²) < 4.78 is 16.5. The lowest BCUT2D eigenvalue weighted by atomic mass is 9.80. The fourth-order valence-electron chi connectivity index (χ4n) is 5.08. The zero-order valence-corrected chi connectivity index (χ0v) is 18.7. The molecule has 0 radical (unpaired) electrons. The first kappa shape index (κ1) is 21.7. The van der Waals surface area contributed by atoms with E-state index in [9.17, 15) is 19.0 Å². The average molecular weight is 470 g/mol. The minimum atomic E-state index is -0.781. The Morgan fingerprint density at radius 2 is 2.15 bits per heavy atom. The number of nitriles is 1. The monoisotopic (exact) mass is 469 g/mol. The molecule has 2 aliphatic rings. The number of nitrogens with one attached hydrogen (secondary N) is 1. The third kappa shape index (κ3) is 4.04. The maximum Gasteiger partial charge on any atom is 0.306 e. The summed E-state index contributed by atoms with van der Waals surface area (Å²) in [6, 6.07) is 4.04. The molecule has 0 aliphatic heterocycles. The van der Waals surface area contributed by atoms with Crippen LogP contribution in [0.5, 0.6) is 0 Å². The van der Waals surface area contributed by atoms with Crippen molar-refractivity contribution >= 4 is 35.2 Å². The van der Waals surface area contributed by atoms with Gasteiger partial charge in [-0.3, -0.25) is 9.48 Å². The van der Waals surface area contributed by atoms with Gasteiger partial charge in [0.25, 0.3) is 0 Å². The number of carboxylic acids is 1. The van der Waals surface area contributed by atoms with Gasteiger partial charge >= 0.3 is 5.97 Å². The molecule has 3 aromatic heterocycles. The third-order valence-electron chi connectivity index (χ3n) is 6.92. The first-order chi connectivity index (χ1) is 16.1. The van der Waals surface area contributed by atoms with Crippen LogP contribution in [0.25, 0.3) is 22.3 Å². The second-order valence-corrected chi connectivity index (χ2v) is 9.39. The number of aromatic nitrogens is 5. The van der Waals surface area contributed by atoms with E-state index in [1.807, 2.05) is 10.9 Å². The molecule has 0 bridgehead atoms. The Labute approximate surface area is 194 Å². The minimum absolute atomic E-state index is 0.00239.